The quantitative estimate of drug-likeness (QED) is 0.518. The van der Waals surface area contributed by atoms with E-state index in [1.807, 2.05) is 48.5 Å². The summed E-state index contributed by atoms with van der Waals surface area (Å²) in [5.74, 6) is -0.229. The molecule has 7 heteroatoms. The van der Waals surface area contributed by atoms with E-state index in [1.165, 1.54) is 11.3 Å². The molecule has 0 bridgehead atoms. The van der Waals surface area contributed by atoms with Crippen molar-refractivity contribution in [1.29, 1.82) is 0 Å². The van der Waals surface area contributed by atoms with Gasteiger partial charge in [0.25, 0.3) is 5.91 Å². The summed E-state index contributed by atoms with van der Waals surface area (Å²) < 4.78 is 2.01. The van der Waals surface area contributed by atoms with Crippen LogP contribution in [-0.2, 0) is 4.79 Å². The molecule has 1 heterocycles. The first-order valence-corrected chi connectivity index (χ1v) is 8.49. The number of hydrogen-bond donors (Lipinski definition) is 2. The molecule has 0 aliphatic heterocycles. The minimum atomic E-state index is -0.229. The van der Waals surface area contributed by atoms with Crippen molar-refractivity contribution < 1.29 is 4.79 Å². The summed E-state index contributed by atoms with van der Waals surface area (Å²) in [4.78, 5) is 16.2. The molecule has 0 aliphatic carbocycles. The lowest BCUT2D eigenvalue weighted by Crippen LogP contribution is -2.25. The molecule has 0 radical (unpaired) electrons. The molecule has 23 heavy (non-hydrogen) atoms. The Kier molecular flexibility index (Phi) is 4.99. The van der Waals surface area contributed by atoms with Gasteiger partial charge in [0.2, 0.25) is 0 Å². The van der Waals surface area contributed by atoms with Crippen LogP contribution in [0.25, 0.3) is 10.2 Å². The summed E-state index contributed by atoms with van der Waals surface area (Å²) in [5, 5.41) is 7.67. The molecule has 3 aromatic rings. The lowest BCUT2D eigenvalue weighted by Gasteiger charge is -2.01. The standard InChI is InChI=1S/C16H13BrN4OS/c17-12-6-2-1-5-11(12)9-19-21-15(22)10-18-16-20-13-7-3-4-8-14(13)23-16/h1-9H,10H2,(H,18,20)(H,21,22)/b19-9-. The number of amides is 1. The number of nitrogens with zero attached hydrogens (tertiary/aromatic N) is 2. The number of halogens is 1. The maximum atomic E-state index is 11.8. The van der Waals surface area contributed by atoms with Gasteiger partial charge in [-0.2, -0.15) is 5.10 Å². The van der Waals surface area contributed by atoms with Crippen molar-refractivity contribution in [1.82, 2.24) is 10.4 Å². The van der Waals surface area contributed by atoms with Crippen molar-refractivity contribution in [3.8, 4) is 0 Å². The van der Waals surface area contributed by atoms with Crippen molar-refractivity contribution in [2.24, 2.45) is 5.10 Å². The second-order valence-electron chi connectivity index (χ2n) is 4.65. The maximum absolute atomic E-state index is 11.8. The number of thiazole rings is 1. The average Bonchev–Trinajstić information content (AvgIpc) is 2.98. The van der Waals surface area contributed by atoms with Gasteiger partial charge in [0.05, 0.1) is 23.0 Å². The number of anilines is 1. The normalized spacial score (nSPS) is 11.0. The zero-order chi connectivity index (χ0) is 16.1. The van der Waals surface area contributed by atoms with Gasteiger partial charge in [-0.05, 0) is 18.2 Å². The number of rotatable bonds is 5. The molecule has 0 atom stereocenters. The van der Waals surface area contributed by atoms with Gasteiger partial charge in [-0.25, -0.2) is 10.4 Å². The van der Waals surface area contributed by atoms with Gasteiger partial charge in [-0.3, -0.25) is 4.79 Å². The van der Waals surface area contributed by atoms with E-state index in [2.05, 4.69) is 36.8 Å². The number of carbonyl (C=O) groups excluding carboxylic acids is 1. The topological polar surface area (TPSA) is 66.4 Å². The molecule has 0 unspecified atom stereocenters. The van der Waals surface area contributed by atoms with Crippen molar-refractivity contribution in [2.45, 2.75) is 0 Å². The highest BCUT2D eigenvalue weighted by Gasteiger charge is 2.05. The number of fused-ring (bicyclic) bond motifs is 1. The molecule has 0 spiro atoms. The molecule has 0 aliphatic rings. The van der Waals surface area contributed by atoms with Crippen LogP contribution in [0.3, 0.4) is 0 Å². The first-order valence-electron chi connectivity index (χ1n) is 6.88. The van der Waals surface area contributed by atoms with E-state index < -0.39 is 0 Å². The van der Waals surface area contributed by atoms with Crippen LogP contribution in [0.15, 0.2) is 58.1 Å². The second kappa shape index (κ2) is 7.34. The number of hydrogen-bond acceptors (Lipinski definition) is 5. The number of hydrazone groups is 1. The van der Waals surface area contributed by atoms with Gasteiger partial charge in [-0.15, -0.1) is 0 Å². The molecular formula is C16H13BrN4OS. The summed E-state index contributed by atoms with van der Waals surface area (Å²) in [6, 6.07) is 15.5. The molecule has 0 fully saturated rings. The van der Waals surface area contributed by atoms with Crippen LogP contribution in [0.1, 0.15) is 5.56 Å². The molecule has 1 aromatic heterocycles. The maximum Gasteiger partial charge on any atom is 0.259 e. The van der Waals surface area contributed by atoms with E-state index in [9.17, 15) is 4.79 Å². The number of aromatic nitrogens is 1. The average molecular weight is 389 g/mol. The van der Waals surface area contributed by atoms with E-state index in [4.69, 9.17) is 0 Å². The Hall–Kier alpha value is -2.25. The Labute approximate surface area is 145 Å². The van der Waals surface area contributed by atoms with Crippen LogP contribution in [0.2, 0.25) is 0 Å². The summed E-state index contributed by atoms with van der Waals surface area (Å²) in [6.07, 6.45) is 1.60. The van der Waals surface area contributed by atoms with Crippen LogP contribution < -0.4 is 10.7 Å². The monoisotopic (exact) mass is 388 g/mol. The highest BCUT2D eigenvalue weighted by Crippen LogP contribution is 2.24. The molecular weight excluding hydrogens is 376 g/mol. The summed E-state index contributed by atoms with van der Waals surface area (Å²) >= 11 is 4.93. The van der Waals surface area contributed by atoms with Gasteiger partial charge < -0.3 is 5.32 Å². The molecule has 0 saturated carbocycles. The molecule has 0 saturated heterocycles. The fraction of sp³-hybridized carbons (Fsp3) is 0.0625. The van der Waals surface area contributed by atoms with Crippen LogP contribution in [0, 0.1) is 0 Å². The Balaban J connectivity index is 1.52. The van der Waals surface area contributed by atoms with Crippen LogP contribution in [0.5, 0.6) is 0 Å². The van der Waals surface area contributed by atoms with Gasteiger partial charge in [0, 0.05) is 10.0 Å². The fourth-order valence-corrected chi connectivity index (χ4v) is 3.15. The van der Waals surface area contributed by atoms with Crippen LogP contribution >= 0.6 is 27.3 Å². The highest BCUT2D eigenvalue weighted by molar-refractivity contribution is 9.10. The van der Waals surface area contributed by atoms with E-state index in [0.29, 0.717) is 0 Å². The molecule has 1 amide bonds. The third-order valence-corrected chi connectivity index (χ3v) is 4.71. The number of carbonyl (C=O) groups is 1. The third kappa shape index (κ3) is 4.14. The zero-order valence-corrected chi connectivity index (χ0v) is 14.4. The minimum Gasteiger partial charge on any atom is -0.352 e. The van der Waals surface area contributed by atoms with Crippen molar-refractivity contribution >= 4 is 54.7 Å². The van der Waals surface area contributed by atoms with E-state index in [0.717, 1.165) is 25.4 Å². The fourth-order valence-electron chi connectivity index (χ4n) is 1.90. The summed E-state index contributed by atoms with van der Waals surface area (Å²) in [6.45, 7) is 0.118. The Bertz CT molecular complexity index is 829. The van der Waals surface area contributed by atoms with Crippen LogP contribution in [0.4, 0.5) is 5.13 Å². The summed E-state index contributed by atoms with van der Waals surface area (Å²) in [7, 11) is 0. The lowest BCUT2D eigenvalue weighted by molar-refractivity contribution is -0.119. The van der Waals surface area contributed by atoms with Crippen molar-refractivity contribution in [3.63, 3.8) is 0 Å². The number of nitrogens with one attached hydrogen (secondary N) is 2. The smallest absolute Gasteiger partial charge is 0.259 e. The van der Waals surface area contributed by atoms with E-state index in [-0.39, 0.29) is 12.5 Å². The molecule has 5 nitrogen and oxygen atoms in total. The number of para-hydroxylation sites is 1. The third-order valence-electron chi connectivity index (χ3n) is 2.99. The predicted octanol–water partition coefficient (Wildman–Crippen LogP) is 3.62. The largest absolute Gasteiger partial charge is 0.352 e. The molecule has 2 N–H and O–H groups in total. The Morgan fingerprint density at radius 2 is 2.00 bits per heavy atom. The van der Waals surface area contributed by atoms with Gasteiger partial charge in [0.15, 0.2) is 5.13 Å². The van der Waals surface area contributed by atoms with Gasteiger partial charge >= 0.3 is 0 Å². The van der Waals surface area contributed by atoms with Gasteiger partial charge in [0.1, 0.15) is 0 Å². The predicted molar refractivity (Wildman–Crippen MR) is 98.0 cm³/mol. The second-order valence-corrected chi connectivity index (χ2v) is 6.54. The highest BCUT2D eigenvalue weighted by atomic mass is 79.9. The van der Waals surface area contributed by atoms with Gasteiger partial charge in [-0.1, -0.05) is 57.6 Å². The first kappa shape index (κ1) is 15.6. The molecule has 2 aromatic carbocycles. The molecule has 3 rings (SSSR count). The molecule has 116 valence electrons. The first-order chi connectivity index (χ1) is 11.2. The lowest BCUT2D eigenvalue weighted by atomic mass is 10.2. The Morgan fingerprint density at radius 1 is 1.22 bits per heavy atom. The summed E-state index contributed by atoms with van der Waals surface area (Å²) in [5.41, 5.74) is 4.31. The van der Waals surface area contributed by atoms with Crippen molar-refractivity contribution in [2.75, 3.05) is 11.9 Å². The van der Waals surface area contributed by atoms with Crippen LogP contribution in [-0.4, -0.2) is 23.7 Å². The van der Waals surface area contributed by atoms with E-state index >= 15 is 0 Å². The van der Waals surface area contributed by atoms with E-state index in [1.54, 1.807) is 6.21 Å². The zero-order valence-electron chi connectivity index (χ0n) is 12.0. The van der Waals surface area contributed by atoms with Crippen molar-refractivity contribution in [3.05, 3.63) is 58.6 Å². The SMILES string of the molecule is O=C(CNc1nc2ccccc2s1)N/N=C\c1ccccc1Br. The Morgan fingerprint density at radius 3 is 2.83 bits per heavy atom. The minimum absolute atomic E-state index is 0.118. The number of benzene rings is 2.